The van der Waals surface area contributed by atoms with Crippen LogP contribution in [0.4, 0.5) is 0 Å². The first-order valence-electron chi connectivity index (χ1n) is 6.19. The van der Waals surface area contributed by atoms with Gasteiger partial charge in [-0.3, -0.25) is 0 Å². The summed E-state index contributed by atoms with van der Waals surface area (Å²) in [6.07, 6.45) is 1.72. The molecule has 96 valence electrons. The third-order valence-corrected chi connectivity index (χ3v) is 3.15. The molecule has 0 radical (unpaired) electrons. The van der Waals surface area contributed by atoms with E-state index in [4.69, 9.17) is 15.0 Å². The van der Waals surface area contributed by atoms with Crippen LogP contribution in [0.5, 0.6) is 0 Å². The molecular weight excluding hydrogens is 218 g/mol. The van der Waals surface area contributed by atoms with Crippen LogP contribution in [-0.2, 0) is 10.3 Å². The predicted octanol–water partition coefficient (Wildman–Crippen LogP) is 1.93. The molecule has 2 heterocycles. The number of nitrogens with two attached hydrogens (primary N) is 1. The number of hydrogen-bond donors (Lipinski definition) is 1. The van der Waals surface area contributed by atoms with Crippen LogP contribution >= 0.6 is 0 Å². The van der Waals surface area contributed by atoms with Gasteiger partial charge >= 0.3 is 0 Å². The van der Waals surface area contributed by atoms with Crippen molar-refractivity contribution in [2.45, 2.75) is 64.2 Å². The Labute approximate surface area is 102 Å². The fourth-order valence-electron chi connectivity index (χ4n) is 2.46. The third-order valence-electron chi connectivity index (χ3n) is 3.15. The Hall–Kier alpha value is -0.940. The van der Waals surface area contributed by atoms with E-state index in [1.54, 1.807) is 0 Å². The molecule has 0 saturated carbocycles. The highest BCUT2D eigenvalue weighted by molar-refractivity contribution is 5.08. The average Bonchev–Trinajstić information content (AvgIpc) is 2.63. The molecule has 2 rings (SSSR count). The molecule has 1 aromatic heterocycles. The first kappa shape index (κ1) is 12.5. The van der Waals surface area contributed by atoms with Crippen molar-refractivity contribution in [3.63, 3.8) is 0 Å². The summed E-state index contributed by atoms with van der Waals surface area (Å²) in [4.78, 5) is 4.42. The largest absolute Gasteiger partial charge is 0.375 e. The molecule has 1 aliphatic heterocycles. The van der Waals surface area contributed by atoms with Gasteiger partial charge in [-0.25, -0.2) is 0 Å². The van der Waals surface area contributed by atoms with Crippen LogP contribution in [0, 0.1) is 0 Å². The van der Waals surface area contributed by atoms with E-state index in [0.717, 1.165) is 12.8 Å². The summed E-state index contributed by atoms with van der Waals surface area (Å²) < 4.78 is 10.9. The van der Waals surface area contributed by atoms with E-state index in [9.17, 15) is 0 Å². The molecule has 0 amide bonds. The maximum absolute atomic E-state index is 6.41. The Morgan fingerprint density at radius 2 is 1.88 bits per heavy atom. The molecule has 2 N–H and O–H groups in total. The molecule has 1 fully saturated rings. The lowest BCUT2D eigenvalue weighted by Gasteiger charge is -2.37. The van der Waals surface area contributed by atoms with Crippen molar-refractivity contribution >= 4 is 0 Å². The number of hydrogen-bond acceptors (Lipinski definition) is 5. The maximum Gasteiger partial charge on any atom is 0.229 e. The van der Waals surface area contributed by atoms with Crippen LogP contribution in [0.2, 0.25) is 0 Å². The maximum atomic E-state index is 6.41. The molecule has 2 atom stereocenters. The zero-order valence-electron chi connectivity index (χ0n) is 10.9. The van der Waals surface area contributed by atoms with Crippen molar-refractivity contribution in [2.24, 2.45) is 5.73 Å². The summed E-state index contributed by atoms with van der Waals surface area (Å²) in [6, 6.07) is 0. The molecule has 1 saturated heterocycles. The van der Waals surface area contributed by atoms with Gasteiger partial charge in [0.2, 0.25) is 5.89 Å². The second kappa shape index (κ2) is 4.38. The lowest BCUT2D eigenvalue weighted by Crippen LogP contribution is -2.48. The zero-order valence-corrected chi connectivity index (χ0v) is 10.9. The van der Waals surface area contributed by atoms with Gasteiger partial charge in [0.1, 0.15) is 0 Å². The highest BCUT2D eigenvalue weighted by atomic mass is 16.5. The highest BCUT2D eigenvalue weighted by Crippen LogP contribution is 2.34. The van der Waals surface area contributed by atoms with Crippen LogP contribution in [0.25, 0.3) is 0 Å². The standard InChI is InChI=1S/C12H21N3O2/c1-7(2)10-14-11(15-17-10)12(13)5-8(3)16-9(4)6-12/h7-9H,5-6,13H2,1-4H3. The second-order valence-electron chi connectivity index (χ2n) is 5.43. The van der Waals surface area contributed by atoms with Crippen LogP contribution in [0.3, 0.4) is 0 Å². The molecule has 1 aromatic rings. The quantitative estimate of drug-likeness (QED) is 0.853. The first-order chi connectivity index (χ1) is 7.90. The molecule has 0 aromatic carbocycles. The lowest BCUT2D eigenvalue weighted by molar-refractivity contribution is -0.0640. The SMILES string of the molecule is CC1CC(N)(c2noc(C(C)C)n2)CC(C)O1. The van der Waals surface area contributed by atoms with E-state index in [1.807, 2.05) is 27.7 Å². The summed E-state index contributed by atoms with van der Waals surface area (Å²) >= 11 is 0. The number of ether oxygens (including phenoxy) is 1. The van der Waals surface area contributed by atoms with Gasteiger partial charge in [-0.05, 0) is 26.7 Å². The molecule has 0 spiro atoms. The van der Waals surface area contributed by atoms with E-state index in [-0.39, 0.29) is 18.1 Å². The molecule has 0 bridgehead atoms. The zero-order chi connectivity index (χ0) is 12.6. The van der Waals surface area contributed by atoms with Crippen LogP contribution in [-0.4, -0.2) is 22.3 Å². The van der Waals surface area contributed by atoms with Crippen LogP contribution < -0.4 is 5.73 Å². The molecule has 1 aliphatic rings. The second-order valence-corrected chi connectivity index (χ2v) is 5.43. The van der Waals surface area contributed by atoms with Gasteiger partial charge < -0.3 is 15.0 Å². The fraction of sp³-hybridized carbons (Fsp3) is 0.833. The monoisotopic (exact) mass is 239 g/mol. The van der Waals surface area contributed by atoms with Crippen molar-refractivity contribution in [2.75, 3.05) is 0 Å². The van der Waals surface area contributed by atoms with Crippen molar-refractivity contribution in [3.8, 4) is 0 Å². The molecule has 2 unspecified atom stereocenters. The Bertz CT molecular complexity index is 379. The number of aromatic nitrogens is 2. The lowest BCUT2D eigenvalue weighted by atomic mass is 9.84. The van der Waals surface area contributed by atoms with Gasteiger partial charge in [0, 0.05) is 5.92 Å². The highest BCUT2D eigenvalue weighted by Gasteiger charge is 2.40. The Morgan fingerprint density at radius 3 is 2.35 bits per heavy atom. The van der Waals surface area contributed by atoms with Crippen LogP contribution in [0.15, 0.2) is 4.52 Å². The van der Waals surface area contributed by atoms with Crippen molar-refractivity contribution in [1.29, 1.82) is 0 Å². The van der Waals surface area contributed by atoms with Crippen LogP contribution in [0.1, 0.15) is 58.2 Å². The summed E-state index contributed by atoms with van der Waals surface area (Å²) in [5.41, 5.74) is 5.89. The third kappa shape index (κ3) is 2.50. The number of rotatable bonds is 2. The molecule has 5 nitrogen and oxygen atoms in total. The van der Waals surface area contributed by atoms with Crippen molar-refractivity contribution < 1.29 is 9.26 Å². The Kier molecular flexibility index (Phi) is 3.23. The summed E-state index contributed by atoms with van der Waals surface area (Å²) in [6.45, 7) is 8.10. The van der Waals surface area contributed by atoms with Gasteiger partial charge in [-0.2, -0.15) is 4.98 Å². The topological polar surface area (TPSA) is 74.2 Å². The van der Waals surface area contributed by atoms with Gasteiger partial charge in [0.25, 0.3) is 0 Å². The average molecular weight is 239 g/mol. The van der Waals surface area contributed by atoms with Gasteiger partial charge in [-0.1, -0.05) is 19.0 Å². The summed E-state index contributed by atoms with van der Waals surface area (Å²) in [5.74, 6) is 1.49. The van der Waals surface area contributed by atoms with Crippen molar-refractivity contribution in [1.82, 2.24) is 10.1 Å². The van der Waals surface area contributed by atoms with Crippen molar-refractivity contribution in [3.05, 3.63) is 11.7 Å². The van der Waals surface area contributed by atoms with Gasteiger partial charge in [0.05, 0.1) is 17.7 Å². The minimum atomic E-state index is -0.520. The van der Waals surface area contributed by atoms with E-state index < -0.39 is 5.54 Å². The van der Waals surface area contributed by atoms with E-state index in [0.29, 0.717) is 11.7 Å². The predicted molar refractivity (Wildman–Crippen MR) is 63.5 cm³/mol. The minimum Gasteiger partial charge on any atom is -0.375 e. The molecule has 17 heavy (non-hydrogen) atoms. The fourth-order valence-corrected chi connectivity index (χ4v) is 2.46. The smallest absolute Gasteiger partial charge is 0.229 e. The van der Waals surface area contributed by atoms with E-state index in [2.05, 4.69) is 10.1 Å². The first-order valence-corrected chi connectivity index (χ1v) is 6.19. The molecular formula is C12H21N3O2. The van der Waals surface area contributed by atoms with Gasteiger partial charge in [-0.15, -0.1) is 0 Å². The van der Waals surface area contributed by atoms with E-state index in [1.165, 1.54) is 0 Å². The summed E-state index contributed by atoms with van der Waals surface area (Å²) in [5, 5.41) is 4.04. The summed E-state index contributed by atoms with van der Waals surface area (Å²) in [7, 11) is 0. The molecule has 0 aliphatic carbocycles. The Morgan fingerprint density at radius 1 is 1.29 bits per heavy atom. The van der Waals surface area contributed by atoms with E-state index >= 15 is 0 Å². The number of nitrogens with zero attached hydrogens (tertiary/aromatic N) is 2. The Balaban J connectivity index is 2.24. The minimum absolute atomic E-state index is 0.129. The molecule has 5 heteroatoms. The van der Waals surface area contributed by atoms with Gasteiger partial charge in [0.15, 0.2) is 5.82 Å². The normalized spacial score (nSPS) is 34.2.